The molecule has 0 saturated heterocycles. The molecule has 0 bridgehead atoms. The van der Waals surface area contributed by atoms with E-state index in [1.54, 1.807) is 0 Å². The number of rotatable bonds is 6. The largest absolute Gasteiger partial charge is 0.309 e. The molecule has 0 N–H and O–H groups in total. The molecule has 0 amide bonds. The van der Waals surface area contributed by atoms with Crippen LogP contribution < -0.4 is 0 Å². The Morgan fingerprint density at radius 1 is 0.273 bits per heavy atom. The molecule has 0 aliphatic carbocycles. The third kappa shape index (κ3) is 5.09. The van der Waals surface area contributed by atoms with E-state index in [-0.39, 0.29) is 0 Å². The molecule has 5 nitrogen and oxygen atoms in total. The van der Waals surface area contributed by atoms with Crippen molar-refractivity contribution < 1.29 is 0 Å². The molecule has 0 aliphatic heterocycles. The molecule has 8 aromatic carbocycles. The number of para-hydroxylation sites is 6. The van der Waals surface area contributed by atoms with E-state index in [1.807, 2.05) is 0 Å². The molecular formula is C50H33N5. The second-order valence-corrected chi connectivity index (χ2v) is 13.9. The predicted molar refractivity (Wildman–Crippen MR) is 226 cm³/mol. The third-order valence-corrected chi connectivity index (χ3v) is 10.6. The van der Waals surface area contributed by atoms with Crippen LogP contribution >= 0.6 is 0 Å². The summed E-state index contributed by atoms with van der Waals surface area (Å²) in [5.41, 5.74) is 13.8. The highest BCUT2D eigenvalue weighted by Gasteiger charge is 2.20. The van der Waals surface area contributed by atoms with Crippen molar-refractivity contribution in [1.29, 1.82) is 0 Å². The SMILES string of the molecule is c1ccc(-c2nc3ccccc3n2-c2cc(-c3cccc(-n4c5ccccc5c5ccccc54)c3)cc(-n3c(-c4ccccc4)nc4ccccc43)c2)cc1. The summed E-state index contributed by atoms with van der Waals surface area (Å²) >= 11 is 0. The van der Waals surface area contributed by atoms with Gasteiger partial charge in [-0.1, -0.05) is 133 Å². The van der Waals surface area contributed by atoms with E-state index in [4.69, 9.17) is 9.97 Å². The van der Waals surface area contributed by atoms with Crippen molar-refractivity contribution in [3.63, 3.8) is 0 Å². The van der Waals surface area contributed by atoms with Gasteiger partial charge in [-0.3, -0.25) is 9.13 Å². The third-order valence-electron chi connectivity index (χ3n) is 10.6. The average Bonchev–Trinajstić information content (AvgIpc) is 3.95. The van der Waals surface area contributed by atoms with Gasteiger partial charge in [-0.05, 0) is 77.9 Å². The molecule has 0 unspecified atom stereocenters. The zero-order chi connectivity index (χ0) is 36.3. The first-order valence-electron chi connectivity index (χ1n) is 18.6. The van der Waals surface area contributed by atoms with E-state index < -0.39 is 0 Å². The summed E-state index contributed by atoms with van der Waals surface area (Å²) in [5.74, 6) is 1.78. The summed E-state index contributed by atoms with van der Waals surface area (Å²) in [4.78, 5) is 10.4. The fourth-order valence-electron chi connectivity index (χ4n) is 8.18. The fraction of sp³-hybridized carbons (Fsp3) is 0. The number of aromatic nitrogens is 5. The van der Waals surface area contributed by atoms with Crippen LogP contribution in [0.1, 0.15) is 0 Å². The van der Waals surface area contributed by atoms with Gasteiger partial charge in [0.15, 0.2) is 0 Å². The molecule has 0 spiro atoms. The Kier molecular flexibility index (Phi) is 7.10. The Balaban J connectivity index is 1.20. The van der Waals surface area contributed by atoms with E-state index >= 15 is 0 Å². The Morgan fingerprint density at radius 2 is 0.691 bits per heavy atom. The van der Waals surface area contributed by atoms with Crippen LogP contribution in [0.5, 0.6) is 0 Å². The monoisotopic (exact) mass is 703 g/mol. The minimum Gasteiger partial charge on any atom is -0.309 e. The molecule has 0 aliphatic rings. The number of hydrogen-bond acceptors (Lipinski definition) is 2. The van der Waals surface area contributed by atoms with E-state index in [9.17, 15) is 0 Å². The van der Waals surface area contributed by atoms with Crippen molar-refractivity contribution in [1.82, 2.24) is 23.7 Å². The highest BCUT2D eigenvalue weighted by atomic mass is 15.1. The standard InChI is InChI=1S/C50H33N5/c1-3-16-34(17-4-1)49-51-43-24-9-13-28-47(43)54(49)39-31-37(32-40(33-39)55-48-29-14-10-25-44(48)52-50(55)35-18-5-2-6-19-35)36-20-15-21-38(30-36)53-45-26-11-7-22-41(45)42-23-8-12-27-46(42)53/h1-33H. The summed E-state index contributed by atoms with van der Waals surface area (Å²) in [5, 5.41) is 2.49. The van der Waals surface area contributed by atoms with Crippen molar-refractivity contribution in [2.24, 2.45) is 0 Å². The van der Waals surface area contributed by atoms with Crippen LogP contribution in [0.4, 0.5) is 0 Å². The van der Waals surface area contributed by atoms with Crippen LogP contribution in [-0.2, 0) is 0 Å². The molecule has 0 radical (unpaired) electrons. The quantitative estimate of drug-likeness (QED) is 0.173. The maximum Gasteiger partial charge on any atom is 0.145 e. The van der Waals surface area contributed by atoms with Crippen molar-refractivity contribution >= 4 is 43.9 Å². The summed E-state index contributed by atoms with van der Waals surface area (Å²) in [7, 11) is 0. The summed E-state index contributed by atoms with van der Waals surface area (Å²) in [6, 6.07) is 70.9. The second kappa shape index (κ2) is 12.6. The molecule has 11 rings (SSSR count). The lowest BCUT2D eigenvalue weighted by molar-refractivity contribution is 1.07. The minimum atomic E-state index is 0.891. The second-order valence-electron chi connectivity index (χ2n) is 13.9. The zero-order valence-electron chi connectivity index (χ0n) is 29.8. The molecule has 3 heterocycles. The van der Waals surface area contributed by atoms with Gasteiger partial charge in [0.1, 0.15) is 11.6 Å². The van der Waals surface area contributed by atoms with Gasteiger partial charge < -0.3 is 4.57 Å². The summed E-state index contributed by atoms with van der Waals surface area (Å²) in [6.45, 7) is 0. The smallest absolute Gasteiger partial charge is 0.145 e. The van der Waals surface area contributed by atoms with E-state index in [0.717, 1.165) is 73.0 Å². The highest BCUT2D eigenvalue weighted by Crippen LogP contribution is 2.38. The maximum atomic E-state index is 5.22. The molecule has 0 fully saturated rings. The van der Waals surface area contributed by atoms with Crippen molar-refractivity contribution in [2.45, 2.75) is 0 Å². The number of imidazole rings is 2. The molecule has 0 saturated carbocycles. The van der Waals surface area contributed by atoms with E-state index in [2.05, 4.69) is 214 Å². The normalized spacial score (nSPS) is 11.6. The lowest BCUT2D eigenvalue weighted by Crippen LogP contribution is -2.03. The Hall–Kier alpha value is -7.50. The number of hydrogen-bond donors (Lipinski definition) is 0. The van der Waals surface area contributed by atoms with Crippen molar-refractivity contribution in [3.8, 4) is 51.0 Å². The summed E-state index contributed by atoms with van der Waals surface area (Å²) < 4.78 is 6.98. The van der Waals surface area contributed by atoms with Gasteiger partial charge >= 0.3 is 0 Å². The Labute approximate surface area is 317 Å². The highest BCUT2D eigenvalue weighted by molar-refractivity contribution is 6.09. The molecule has 11 aromatic rings. The van der Waals surface area contributed by atoms with Gasteiger partial charge in [0.2, 0.25) is 0 Å². The Morgan fingerprint density at radius 3 is 1.22 bits per heavy atom. The first kappa shape index (κ1) is 31.1. The van der Waals surface area contributed by atoms with E-state index in [1.165, 1.54) is 21.8 Å². The van der Waals surface area contributed by atoms with Gasteiger partial charge in [-0.15, -0.1) is 0 Å². The van der Waals surface area contributed by atoms with Crippen LogP contribution in [0.3, 0.4) is 0 Å². The van der Waals surface area contributed by atoms with Gasteiger partial charge in [-0.2, -0.15) is 0 Å². The Bertz CT molecular complexity index is 3010. The summed E-state index contributed by atoms with van der Waals surface area (Å²) in [6.07, 6.45) is 0. The van der Waals surface area contributed by atoms with Crippen molar-refractivity contribution in [2.75, 3.05) is 0 Å². The lowest BCUT2D eigenvalue weighted by atomic mass is 10.0. The van der Waals surface area contributed by atoms with Crippen LogP contribution in [0.2, 0.25) is 0 Å². The topological polar surface area (TPSA) is 40.6 Å². The van der Waals surface area contributed by atoms with Crippen LogP contribution in [0.15, 0.2) is 200 Å². The maximum absolute atomic E-state index is 5.22. The number of benzene rings is 8. The molecular weight excluding hydrogens is 671 g/mol. The minimum absolute atomic E-state index is 0.891. The van der Waals surface area contributed by atoms with Crippen molar-refractivity contribution in [3.05, 3.63) is 200 Å². The van der Waals surface area contributed by atoms with Crippen LogP contribution in [-0.4, -0.2) is 23.7 Å². The lowest BCUT2D eigenvalue weighted by Gasteiger charge is -2.17. The first-order valence-corrected chi connectivity index (χ1v) is 18.6. The number of nitrogens with zero attached hydrogens (tertiary/aromatic N) is 5. The first-order chi connectivity index (χ1) is 27.3. The zero-order valence-corrected chi connectivity index (χ0v) is 29.8. The van der Waals surface area contributed by atoms with Gasteiger partial charge in [0, 0.05) is 27.6 Å². The molecule has 5 heteroatoms. The fourth-order valence-corrected chi connectivity index (χ4v) is 8.18. The average molecular weight is 704 g/mol. The van der Waals surface area contributed by atoms with Gasteiger partial charge in [0.25, 0.3) is 0 Å². The van der Waals surface area contributed by atoms with Crippen LogP contribution in [0.25, 0.3) is 94.8 Å². The number of fused-ring (bicyclic) bond motifs is 5. The molecule has 0 atom stereocenters. The van der Waals surface area contributed by atoms with Crippen LogP contribution in [0, 0.1) is 0 Å². The predicted octanol–water partition coefficient (Wildman–Crippen LogP) is 12.5. The van der Waals surface area contributed by atoms with Gasteiger partial charge in [0.05, 0.1) is 44.5 Å². The van der Waals surface area contributed by atoms with Gasteiger partial charge in [-0.25, -0.2) is 9.97 Å². The molecule has 258 valence electrons. The van der Waals surface area contributed by atoms with E-state index in [0.29, 0.717) is 0 Å². The molecule has 3 aromatic heterocycles. The molecule has 55 heavy (non-hydrogen) atoms.